The lowest BCUT2D eigenvalue weighted by atomic mass is 9.94. The Morgan fingerprint density at radius 2 is 2.19 bits per heavy atom. The highest BCUT2D eigenvalue weighted by Gasteiger charge is 2.25. The fraction of sp³-hybridized carbons (Fsp3) is 0.316. The summed E-state index contributed by atoms with van der Waals surface area (Å²) in [6, 6.07) is 3.52. The van der Waals surface area contributed by atoms with E-state index in [0.29, 0.717) is 17.0 Å². The van der Waals surface area contributed by atoms with E-state index in [1.807, 2.05) is 0 Å². The molecule has 27 heavy (non-hydrogen) atoms. The van der Waals surface area contributed by atoms with Crippen LogP contribution in [0.15, 0.2) is 18.5 Å². The summed E-state index contributed by atoms with van der Waals surface area (Å²) in [5.41, 5.74) is 9.11. The third kappa shape index (κ3) is 3.11. The van der Waals surface area contributed by atoms with Crippen LogP contribution in [0.3, 0.4) is 0 Å². The molecule has 0 aliphatic heterocycles. The number of aromatic nitrogens is 2. The van der Waals surface area contributed by atoms with Gasteiger partial charge in [0.05, 0.1) is 24.3 Å². The number of nitrogens with one attached hydrogen (secondary N) is 2. The van der Waals surface area contributed by atoms with Crippen LogP contribution in [0.2, 0.25) is 0 Å². The number of aryl methyl sites for hydroxylation is 1. The lowest BCUT2D eigenvalue weighted by Crippen LogP contribution is -2.19. The van der Waals surface area contributed by atoms with Gasteiger partial charge < -0.3 is 25.9 Å². The Morgan fingerprint density at radius 1 is 1.33 bits per heavy atom. The van der Waals surface area contributed by atoms with E-state index in [0.717, 1.165) is 41.0 Å². The van der Waals surface area contributed by atoms with Crippen molar-refractivity contribution in [2.45, 2.75) is 25.4 Å². The molecule has 1 unspecified atom stereocenters. The Hall–Kier alpha value is -2.71. The number of benzene rings is 1. The summed E-state index contributed by atoms with van der Waals surface area (Å²) in [5, 5.41) is 12.0. The molecule has 0 saturated carbocycles. The van der Waals surface area contributed by atoms with E-state index in [1.165, 1.54) is 16.7 Å². The quantitative estimate of drug-likeness (QED) is 0.460. The molecule has 0 bridgehead atoms. The Kier molecular flexibility index (Phi) is 4.67. The van der Waals surface area contributed by atoms with Gasteiger partial charge in [-0.2, -0.15) is 0 Å². The SMILES string of the molecule is COc1cc(N)c(C=N)cc1Nc1ncnc2sc3c(c12)CCC(OC)C3. The number of fused-ring (bicyclic) bond motifs is 3. The Bertz CT molecular complexity index is 1020. The smallest absolute Gasteiger partial charge is 0.144 e. The van der Waals surface area contributed by atoms with Gasteiger partial charge in [-0.3, -0.25) is 0 Å². The molecule has 0 saturated heterocycles. The first kappa shape index (κ1) is 17.7. The van der Waals surface area contributed by atoms with Crippen molar-refractivity contribution in [1.29, 1.82) is 5.41 Å². The number of ether oxygens (including phenoxy) is 2. The summed E-state index contributed by atoms with van der Waals surface area (Å²) in [7, 11) is 3.36. The number of nitrogen functional groups attached to an aromatic ring is 1. The maximum Gasteiger partial charge on any atom is 0.144 e. The Labute approximate surface area is 161 Å². The van der Waals surface area contributed by atoms with Crippen LogP contribution in [-0.2, 0) is 17.6 Å². The number of anilines is 3. The number of nitrogens with two attached hydrogens (primary N) is 1. The van der Waals surface area contributed by atoms with Crippen molar-refractivity contribution >= 4 is 45.0 Å². The van der Waals surface area contributed by atoms with E-state index in [4.69, 9.17) is 20.6 Å². The van der Waals surface area contributed by atoms with Crippen LogP contribution in [0.25, 0.3) is 10.2 Å². The second kappa shape index (κ2) is 7.13. The first-order valence-corrected chi connectivity index (χ1v) is 9.49. The molecule has 0 amide bonds. The van der Waals surface area contributed by atoms with Crippen LogP contribution >= 0.6 is 11.3 Å². The summed E-state index contributed by atoms with van der Waals surface area (Å²) < 4.78 is 11.0. The molecular formula is C19H21N5O2S. The predicted octanol–water partition coefficient (Wildman–Crippen LogP) is 3.53. The Morgan fingerprint density at radius 3 is 2.93 bits per heavy atom. The van der Waals surface area contributed by atoms with Crippen molar-refractivity contribution in [2.24, 2.45) is 0 Å². The monoisotopic (exact) mass is 383 g/mol. The van der Waals surface area contributed by atoms with Crippen LogP contribution in [0.4, 0.5) is 17.2 Å². The van der Waals surface area contributed by atoms with E-state index in [2.05, 4.69) is 15.3 Å². The highest BCUT2D eigenvalue weighted by molar-refractivity contribution is 7.19. The number of hydrogen-bond donors (Lipinski definition) is 3. The number of thiophene rings is 1. The molecule has 2 aromatic heterocycles. The molecule has 0 radical (unpaired) electrons. The molecule has 140 valence electrons. The molecule has 0 spiro atoms. The van der Waals surface area contributed by atoms with Gasteiger partial charge in [-0.1, -0.05) is 0 Å². The van der Waals surface area contributed by atoms with Gasteiger partial charge in [-0.05, 0) is 24.5 Å². The van der Waals surface area contributed by atoms with Crippen molar-refractivity contribution in [1.82, 2.24) is 9.97 Å². The van der Waals surface area contributed by atoms with Crippen LogP contribution in [0, 0.1) is 5.41 Å². The maximum atomic E-state index is 7.55. The minimum atomic E-state index is 0.266. The van der Waals surface area contributed by atoms with E-state index in [-0.39, 0.29) is 6.10 Å². The number of rotatable bonds is 5. The summed E-state index contributed by atoms with van der Waals surface area (Å²) in [6.07, 6.45) is 5.92. The molecule has 3 aromatic rings. The van der Waals surface area contributed by atoms with E-state index < -0.39 is 0 Å². The van der Waals surface area contributed by atoms with Gasteiger partial charge in [0.15, 0.2) is 0 Å². The van der Waals surface area contributed by atoms with Crippen molar-refractivity contribution in [2.75, 3.05) is 25.3 Å². The molecular weight excluding hydrogens is 362 g/mol. The van der Waals surface area contributed by atoms with Crippen LogP contribution in [0.1, 0.15) is 22.4 Å². The molecule has 4 N–H and O–H groups in total. The molecule has 0 fully saturated rings. The molecule has 4 rings (SSSR count). The minimum absolute atomic E-state index is 0.266. The zero-order chi connectivity index (χ0) is 19.0. The predicted molar refractivity (Wildman–Crippen MR) is 109 cm³/mol. The first-order chi connectivity index (χ1) is 13.1. The maximum absolute atomic E-state index is 7.55. The van der Waals surface area contributed by atoms with Crippen LogP contribution in [0.5, 0.6) is 5.75 Å². The summed E-state index contributed by atoms with van der Waals surface area (Å²) in [6.45, 7) is 0. The molecule has 1 aliphatic carbocycles. The van der Waals surface area contributed by atoms with E-state index >= 15 is 0 Å². The topological polar surface area (TPSA) is 106 Å². The summed E-state index contributed by atoms with van der Waals surface area (Å²) in [5.74, 6) is 1.35. The molecule has 2 heterocycles. The minimum Gasteiger partial charge on any atom is -0.494 e. The largest absolute Gasteiger partial charge is 0.494 e. The lowest BCUT2D eigenvalue weighted by Gasteiger charge is -2.21. The van der Waals surface area contributed by atoms with Gasteiger partial charge in [0.25, 0.3) is 0 Å². The molecule has 1 atom stereocenters. The number of nitrogens with zero attached hydrogens (tertiary/aromatic N) is 2. The molecule has 7 nitrogen and oxygen atoms in total. The average molecular weight is 383 g/mol. The van der Waals surface area contributed by atoms with Crippen molar-refractivity contribution in [3.05, 3.63) is 34.5 Å². The van der Waals surface area contributed by atoms with Gasteiger partial charge in [-0.25, -0.2) is 9.97 Å². The van der Waals surface area contributed by atoms with Gasteiger partial charge in [0.1, 0.15) is 22.7 Å². The Balaban J connectivity index is 1.80. The summed E-state index contributed by atoms with van der Waals surface area (Å²) >= 11 is 1.71. The van der Waals surface area contributed by atoms with E-state index in [1.54, 1.807) is 44.0 Å². The zero-order valence-corrected chi connectivity index (χ0v) is 16.0. The molecule has 1 aliphatic rings. The fourth-order valence-electron chi connectivity index (χ4n) is 3.51. The van der Waals surface area contributed by atoms with Crippen molar-refractivity contribution in [3.63, 3.8) is 0 Å². The van der Waals surface area contributed by atoms with Gasteiger partial charge in [0.2, 0.25) is 0 Å². The third-order valence-corrected chi connectivity index (χ3v) is 6.11. The van der Waals surface area contributed by atoms with Crippen molar-refractivity contribution in [3.8, 4) is 5.75 Å². The lowest BCUT2D eigenvalue weighted by molar-refractivity contribution is 0.0922. The number of methoxy groups -OCH3 is 2. The van der Waals surface area contributed by atoms with Gasteiger partial charge in [-0.15, -0.1) is 11.3 Å². The fourth-order valence-corrected chi connectivity index (χ4v) is 4.76. The second-order valence-corrected chi connectivity index (χ2v) is 7.54. The van der Waals surface area contributed by atoms with Crippen LogP contribution < -0.4 is 15.8 Å². The third-order valence-electron chi connectivity index (χ3n) is 4.95. The average Bonchev–Trinajstić information content (AvgIpc) is 3.07. The molecule has 8 heteroatoms. The number of hydrogen-bond acceptors (Lipinski definition) is 8. The highest BCUT2D eigenvalue weighted by Crippen LogP contribution is 2.40. The van der Waals surface area contributed by atoms with Crippen LogP contribution in [-0.4, -0.2) is 36.5 Å². The normalized spacial score (nSPS) is 16.1. The summed E-state index contributed by atoms with van der Waals surface area (Å²) in [4.78, 5) is 11.2. The highest BCUT2D eigenvalue weighted by atomic mass is 32.1. The first-order valence-electron chi connectivity index (χ1n) is 8.67. The van der Waals surface area contributed by atoms with Crippen molar-refractivity contribution < 1.29 is 9.47 Å². The standard InChI is InChI=1S/C19H21N5O2S/c1-25-11-3-4-12-16(6-11)27-19-17(12)18(22-9-23-19)24-14-5-10(8-20)13(21)7-15(14)26-2/h5,7-9,11,20H,3-4,6,21H2,1-2H3,(H,22,23,24). The zero-order valence-electron chi connectivity index (χ0n) is 15.2. The second-order valence-electron chi connectivity index (χ2n) is 6.46. The molecule has 1 aromatic carbocycles. The van der Waals surface area contributed by atoms with Gasteiger partial charge >= 0.3 is 0 Å². The van der Waals surface area contributed by atoms with Gasteiger partial charge in [0, 0.05) is 41.9 Å². The van der Waals surface area contributed by atoms with E-state index in [9.17, 15) is 0 Å².